The van der Waals surface area contributed by atoms with E-state index in [0.29, 0.717) is 6.04 Å². The maximum atomic E-state index is 6.44. The monoisotopic (exact) mass is 297 g/mol. The molecule has 3 nitrogen and oxygen atoms in total. The number of aryl methyl sites for hydroxylation is 1. The summed E-state index contributed by atoms with van der Waals surface area (Å²) >= 11 is 1.85. The standard InChI is InChI=1S/C16H31N3S/c1-6-14(17)15(16-13(3)9-12-20-16)19(7-2)11-8-10-18(4)5/h9,12,14-15H,6-8,10-11,17H2,1-5H3. The van der Waals surface area contributed by atoms with E-state index in [9.17, 15) is 0 Å². The molecule has 0 aliphatic heterocycles. The third kappa shape index (κ3) is 4.85. The van der Waals surface area contributed by atoms with Gasteiger partial charge in [0.2, 0.25) is 0 Å². The highest BCUT2D eigenvalue weighted by atomic mass is 32.1. The zero-order valence-electron chi connectivity index (χ0n) is 13.7. The van der Waals surface area contributed by atoms with Crippen LogP contribution in [0.3, 0.4) is 0 Å². The van der Waals surface area contributed by atoms with E-state index in [0.717, 1.165) is 26.1 Å². The first-order chi connectivity index (χ1) is 9.51. The van der Waals surface area contributed by atoms with Crippen molar-refractivity contribution in [1.29, 1.82) is 0 Å². The largest absolute Gasteiger partial charge is 0.326 e. The van der Waals surface area contributed by atoms with Crippen molar-refractivity contribution in [2.45, 2.75) is 45.7 Å². The van der Waals surface area contributed by atoms with Crippen molar-refractivity contribution >= 4 is 11.3 Å². The van der Waals surface area contributed by atoms with Gasteiger partial charge in [0.25, 0.3) is 0 Å². The van der Waals surface area contributed by atoms with E-state index >= 15 is 0 Å². The van der Waals surface area contributed by atoms with Gasteiger partial charge in [-0.25, -0.2) is 0 Å². The molecule has 1 rings (SSSR count). The van der Waals surface area contributed by atoms with E-state index in [1.165, 1.54) is 16.9 Å². The third-order valence-electron chi connectivity index (χ3n) is 3.90. The molecule has 1 aromatic rings. The van der Waals surface area contributed by atoms with Gasteiger partial charge in [-0.1, -0.05) is 13.8 Å². The Kier molecular flexibility index (Phi) is 7.74. The van der Waals surface area contributed by atoms with Gasteiger partial charge in [-0.15, -0.1) is 11.3 Å². The molecule has 0 aliphatic rings. The molecule has 0 radical (unpaired) electrons. The van der Waals surface area contributed by atoms with E-state index in [-0.39, 0.29) is 6.04 Å². The van der Waals surface area contributed by atoms with Crippen molar-refractivity contribution in [3.8, 4) is 0 Å². The summed E-state index contributed by atoms with van der Waals surface area (Å²) in [6.45, 7) is 9.94. The maximum absolute atomic E-state index is 6.44. The van der Waals surface area contributed by atoms with Crippen LogP contribution in [-0.2, 0) is 0 Å². The predicted octanol–water partition coefficient (Wildman–Crippen LogP) is 3.11. The summed E-state index contributed by atoms with van der Waals surface area (Å²) in [4.78, 5) is 6.25. The van der Waals surface area contributed by atoms with Crippen molar-refractivity contribution in [2.24, 2.45) is 5.73 Å². The SMILES string of the molecule is CCC(N)C(c1sccc1C)N(CC)CCCN(C)C. The molecule has 2 unspecified atom stereocenters. The minimum Gasteiger partial charge on any atom is -0.326 e. The molecular formula is C16H31N3S. The number of nitrogens with two attached hydrogens (primary N) is 1. The Morgan fingerprint density at radius 2 is 1.95 bits per heavy atom. The van der Waals surface area contributed by atoms with Gasteiger partial charge in [0.05, 0.1) is 6.04 Å². The highest BCUT2D eigenvalue weighted by Gasteiger charge is 2.26. The Hall–Kier alpha value is -0.420. The van der Waals surface area contributed by atoms with E-state index < -0.39 is 0 Å². The fourth-order valence-corrected chi connectivity index (χ4v) is 3.76. The predicted molar refractivity (Wildman–Crippen MR) is 90.5 cm³/mol. The first-order valence-corrected chi connectivity index (χ1v) is 8.57. The molecule has 116 valence electrons. The lowest BCUT2D eigenvalue weighted by Gasteiger charge is -2.35. The molecule has 0 amide bonds. The summed E-state index contributed by atoms with van der Waals surface area (Å²) in [5, 5.41) is 2.19. The molecule has 0 fully saturated rings. The molecule has 20 heavy (non-hydrogen) atoms. The van der Waals surface area contributed by atoms with Gasteiger partial charge in [0.1, 0.15) is 0 Å². The quantitative estimate of drug-likeness (QED) is 0.760. The number of hydrogen-bond donors (Lipinski definition) is 1. The minimum atomic E-state index is 0.214. The molecule has 0 aliphatic carbocycles. The van der Waals surface area contributed by atoms with Crippen LogP contribution >= 0.6 is 11.3 Å². The zero-order valence-corrected chi connectivity index (χ0v) is 14.5. The Bertz CT molecular complexity index is 376. The molecule has 2 N–H and O–H groups in total. The maximum Gasteiger partial charge on any atom is 0.0595 e. The summed E-state index contributed by atoms with van der Waals surface area (Å²) < 4.78 is 0. The van der Waals surface area contributed by atoms with Crippen LogP contribution < -0.4 is 5.73 Å². The van der Waals surface area contributed by atoms with Gasteiger partial charge in [-0.3, -0.25) is 4.90 Å². The first kappa shape index (κ1) is 17.6. The Morgan fingerprint density at radius 3 is 2.40 bits per heavy atom. The van der Waals surface area contributed by atoms with Gasteiger partial charge in [-0.2, -0.15) is 0 Å². The van der Waals surface area contributed by atoms with Gasteiger partial charge in [0, 0.05) is 17.5 Å². The van der Waals surface area contributed by atoms with E-state index in [2.05, 4.69) is 56.1 Å². The molecule has 0 bridgehead atoms. The van der Waals surface area contributed by atoms with Crippen LogP contribution in [0, 0.1) is 6.92 Å². The van der Waals surface area contributed by atoms with E-state index in [1.807, 2.05) is 11.3 Å². The number of thiophene rings is 1. The fourth-order valence-electron chi connectivity index (χ4n) is 2.63. The average Bonchev–Trinajstić information content (AvgIpc) is 2.82. The van der Waals surface area contributed by atoms with Crippen molar-refractivity contribution in [3.63, 3.8) is 0 Å². The second-order valence-corrected chi connectivity index (χ2v) is 6.72. The third-order valence-corrected chi connectivity index (χ3v) is 4.99. The highest BCUT2D eigenvalue weighted by Crippen LogP contribution is 2.31. The Balaban J connectivity index is 2.82. The molecule has 0 saturated heterocycles. The van der Waals surface area contributed by atoms with Gasteiger partial charge >= 0.3 is 0 Å². The lowest BCUT2D eigenvalue weighted by Crippen LogP contribution is -2.41. The lowest BCUT2D eigenvalue weighted by molar-refractivity contribution is 0.172. The number of likely N-dealkylation sites (N-methyl/N-ethyl adjacent to an activating group) is 1. The molecule has 2 atom stereocenters. The molecule has 0 aromatic carbocycles. The molecule has 1 aromatic heterocycles. The number of rotatable bonds is 9. The minimum absolute atomic E-state index is 0.214. The summed E-state index contributed by atoms with van der Waals surface area (Å²) in [7, 11) is 4.27. The van der Waals surface area contributed by atoms with Crippen molar-refractivity contribution < 1.29 is 0 Å². The summed E-state index contributed by atoms with van der Waals surface area (Å²) in [5.74, 6) is 0. The van der Waals surface area contributed by atoms with E-state index in [1.54, 1.807) is 0 Å². The van der Waals surface area contributed by atoms with Crippen LogP contribution in [-0.4, -0.2) is 49.6 Å². The molecular weight excluding hydrogens is 266 g/mol. The normalized spacial score (nSPS) is 15.0. The topological polar surface area (TPSA) is 32.5 Å². The average molecular weight is 298 g/mol. The van der Waals surface area contributed by atoms with Crippen LogP contribution in [0.2, 0.25) is 0 Å². The second-order valence-electron chi connectivity index (χ2n) is 5.77. The van der Waals surface area contributed by atoms with Crippen LogP contribution in [0.5, 0.6) is 0 Å². The van der Waals surface area contributed by atoms with Gasteiger partial charge in [-0.05, 0) is 64.0 Å². The van der Waals surface area contributed by atoms with Crippen LogP contribution in [0.4, 0.5) is 0 Å². The molecule has 0 saturated carbocycles. The smallest absolute Gasteiger partial charge is 0.0595 e. The summed E-state index contributed by atoms with van der Waals surface area (Å²) in [6, 6.07) is 2.79. The summed E-state index contributed by atoms with van der Waals surface area (Å²) in [5.41, 5.74) is 7.82. The van der Waals surface area contributed by atoms with E-state index in [4.69, 9.17) is 5.73 Å². The van der Waals surface area contributed by atoms with Gasteiger partial charge < -0.3 is 10.6 Å². The summed E-state index contributed by atoms with van der Waals surface area (Å²) in [6.07, 6.45) is 2.21. The van der Waals surface area contributed by atoms with Crippen molar-refractivity contribution in [2.75, 3.05) is 33.7 Å². The van der Waals surface area contributed by atoms with Crippen LogP contribution in [0.15, 0.2) is 11.4 Å². The Labute approximate surface area is 128 Å². The van der Waals surface area contributed by atoms with Crippen molar-refractivity contribution in [3.05, 3.63) is 21.9 Å². The zero-order chi connectivity index (χ0) is 15.1. The molecule has 4 heteroatoms. The molecule has 0 spiro atoms. The van der Waals surface area contributed by atoms with Gasteiger partial charge in [0.15, 0.2) is 0 Å². The first-order valence-electron chi connectivity index (χ1n) is 7.69. The fraction of sp³-hybridized carbons (Fsp3) is 0.750. The van der Waals surface area contributed by atoms with Crippen molar-refractivity contribution in [1.82, 2.24) is 9.80 Å². The number of nitrogens with zero attached hydrogens (tertiary/aromatic N) is 2. The Morgan fingerprint density at radius 1 is 1.25 bits per heavy atom. The van der Waals surface area contributed by atoms with Crippen LogP contribution in [0.25, 0.3) is 0 Å². The van der Waals surface area contributed by atoms with Crippen LogP contribution in [0.1, 0.15) is 43.2 Å². The highest BCUT2D eigenvalue weighted by molar-refractivity contribution is 7.10. The lowest BCUT2D eigenvalue weighted by atomic mass is 10.0. The molecule has 1 heterocycles. The second kappa shape index (κ2) is 8.78. The number of hydrogen-bond acceptors (Lipinski definition) is 4.